The number of thiocarbonyl (C=S) groups is 1. The first-order chi connectivity index (χ1) is 13.0. The summed E-state index contributed by atoms with van der Waals surface area (Å²) in [6.45, 7) is 3.88. The fourth-order valence-electron chi connectivity index (χ4n) is 2.65. The Labute approximate surface area is 165 Å². The van der Waals surface area contributed by atoms with Crippen LogP contribution in [-0.2, 0) is 0 Å². The van der Waals surface area contributed by atoms with E-state index in [-0.39, 0.29) is 5.92 Å². The van der Waals surface area contributed by atoms with E-state index in [4.69, 9.17) is 17.0 Å². The molecule has 0 saturated heterocycles. The molecular formula is C21H23N3O2S. The summed E-state index contributed by atoms with van der Waals surface area (Å²) in [6, 6.07) is 18.2. The van der Waals surface area contributed by atoms with E-state index in [2.05, 4.69) is 11.4 Å². The smallest absolute Gasteiger partial charge is 0.410 e. The van der Waals surface area contributed by atoms with Crippen molar-refractivity contribution in [1.82, 2.24) is 4.90 Å². The number of ether oxygens (including phenoxy) is 1. The van der Waals surface area contributed by atoms with Gasteiger partial charge in [0.15, 0.2) is 0 Å². The van der Waals surface area contributed by atoms with Crippen molar-refractivity contribution in [3.05, 3.63) is 60.2 Å². The van der Waals surface area contributed by atoms with Crippen LogP contribution in [0.1, 0.15) is 31.7 Å². The Morgan fingerprint density at radius 1 is 1.26 bits per heavy atom. The average molecular weight is 382 g/mol. The molecule has 27 heavy (non-hydrogen) atoms. The van der Waals surface area contributed by atoms with E-state index in [0.29, 0.717) is 10.7 Å². The highest BCUT2D eigenvalue weighted by atomic mass is 32.1. The minimum absolute atomic E-state index is 0.149. The maximum Gasteiger partial charge on any atom is 0.416 e. The first kappa shape index (κ1) is 20.4. The second kappa shape index (κ2) is 9.70. The molecule has 0 aliphatic carbocycles. The molecule has 0 saturated carbocycles. The standard InChI is InChI=1S/C21H23N3O2S/c1-4-20(27)23-17-11-8-12-18(13-17)26-21(25)24(3)19(14-22)15(2)16-9-6-5-7-10-16/h5-13,15,19H,4H2,1-3H3,(H,23,27). The summed E-state index contributed by atoms with van der Waals surface area (Å²) in [6.07, 6.45) is 0.142. The fourth-order valence-corrected chi connectivity index (χ4v) is 2.76. The van der Waals surface area contributed by atoms with Crippen molar-refractivity contribution in [2.75, 3.05) is 12.4 Å². The third-order valence-corrected chi connectivity index (χ3v) is 4.67. The van der Waals surface area contributed by atoms with Crippen molar-refractivity contribution < 1.29 is 9.53 Å². The summed E-state index contributed by atoms with van der Waals surface area (Å²) in [7, 11) is 1.57. The van der Waals surface area contributed by atoms with Gasteiger partial charge in [-0.05, 0) is 24.1 Å². The number of benzene rings is 2. The van der Waals surface area contributed by atoms with Crippen LogP contribution in [0.25, 0.3) is 0 Å². The van der Waals surface area contributed by atoms with E-state index in [1.54, 1.807) is 25.2 Å². The first-order valence-electron chi connectivity index (χ1n) is 8.75. The van der Waals surface area contributed by atoms with Gasteiger partial charge < -0.3 is 10.1 Å². The van der Waals surface area contributed by atoms with Crippen LogP contribution in [0.2, 0.25) is 0 Å². The molecular weight excluding hydrogens is 358 g/mol. The average Bonchev–Trinajstić information content (AvgIpc) is 2.69. The van der Waals surface area contributed by atoms with Crippen molar-refractivity contribution in [2.24, 2.45) is 0 Å². The van der Waals surface area contributed by atoms with Crippen LogP contribution in [0.5, 0.6) is 5.75 Å². The predicted octanol–water partition coefficient (Wildman–Crippen LogP) is 4.96. The molecule has 2 aromatic carbocycles. The number of nitriles is 1. The van der Waals surface area contributed by atoms with Gasteiger partial charge in [0.1, 0.15) is 11.8 Å². The van der Waals surface area contributed by atoms with Crippen molar-refractivity contribution in [3.63, 3.8) is 0 Å². The summed E-state index contributed by atoms with van der Waals surface area (Å²) in [5, 5.41) is 12.7. The molecule has 0 aliphatic heterocycles. The van der Waals surface area contributed by atoms with Crippen molar-refractivity contribution in [3.8, 4) is 11.8 Å². The van der Waals surface area contributed by atoms with Gasteiger partial charge in [-0.1, -0.05) is 62.5 Å². The van der Waals surface area contributed by atoms with E-state index in [9.17, 15) is 10.1 Å². The number of carbonyl (C=O) groups is 1. The third kappa shape index (κ3) is 5.53. The highest BCUT2D eigenvalue weighted by Crippen LogP contribution is 2.24. The molecule has 140 valence electrons. The molecule has 2 rings (SSSR count). The Morgan fingerprint density at radius 2 is 1.96 bits per heavy atom. The summed E-state index contributed by atoms with van der Waals surface area (Å²) in [5.41, 5.74) is 1.74. The van der Waals surface area contributed by atoms with Gasteiger partial charge in [-0.15, -0.1) is 0 Å². The maximum absolute atomic E-state index is 12.5. The number of rotatable bonds is 6. The number of hydrogen-bond donors (Lipinski definition) is 1. The maximum atomic E-state index is 12.5. The van der Waals surface area contributed by atoms with Gasteiger partial charge in [0.2, 0.25) is 0 Å². The third-order valence-electron chi connectivity index (χ3n) is 4.28. The SMILES string of the molecule is CCC(=S)Nc1cccc(OC(=O)N(C)C(C#N)C(C)c2ccccc2)c1. The molecule has 5 nitrogen and oxygen atoms in total. The molecule has 2 aromatic rings. The van der Waals surface area contributed by atoms with Crippen LogP contribution < -0.4 is 10.1 Å². The molecule has 0 bridgehead atoms. The van der Waals surface area contributed by atoms with Crippen LogP contribution in [0.15, 0.2) is 54.6 Å². The van der Waals surface area contributed by atoms with Gasteiger partial charge >= 0.3 is 6.09 Å². The van der Waals surface area contributed by atoms with Crippen LogP contribution >= 0.6 is 12.2 Å². The largest absolute Gasteiger partial charge is 0.416 e. The molecule has 2 unspecified atom stereocenters. The van der Waals surface area contributed by atoms with Gasteiger partial charge in [-0.2, -0.15) is 5.26 Å². The summed E-state index contributed by atoms with van der Waals surface area (Å²) < 4.78 is 5.45. The van der Waals surface area contributed by atoms with Gasteiger partial charge in [0, 0.05) is 24.7 Å². The lowest BCUT2D eigenvalue weighted by Gasteiger charge is -2.27. The molecule has 1 amide bonds. The zero-order valence-corrected chi connectivity index (χ0v) is 16.5. The van der Waals surface area contributed by atoms with E-state index < -0.39 is 12.1 Å². The van der Waals surface area contributed by atoms with Gasteiger partial charge in [-0.25, -0.2) is 4.79 Å². The number of amides is 1. The number of likely N-dealkylation sites (N-methyl/N-ethyl adjacent to an activating group) is 1. The van der Waals surface area contributed by atoms with Crippen LogP contribution in [0.4, 0.5) is 10.5 Å². The van der Waals surface area contributed by atoms with Crippen LogP contribution in [0.3, 0.4) is 0 Å². The van der Waals surface area contributed by atoms with Crippen LogP contribution in [-0.4, -0.2) is 29.1 Å². The molecule has 0 fully saturated rings. The molecule has 0 spiro atoms. The summed E-state index contributed by atoms with van der Waals surface area (Å²) in [4.78, 5) is 14.6. The highest BCUT2D eigenvalue weighted by Gasteiger charge is 2.27. The number of nitrogens with one attached hydrogen (secondary N) is 1. The molecule has 0 radical (unpaired) electrons. The Bertz CT molecular complexity index is 833. The topological polar surface area (TPSA) is 65.4 Å². The molecule has 0 aromatic heterocycles. The minimum Gasteiger partial charge on any atom is -0.410 e. The van der Waals surface area contributed by atoms with Gasteiger partial charge in [0.05, 0.1) is 11.1 Å². The Kier molecular flexibility index (Phi) is 7.33. The molecule has 6 heteroatoms. The monoisotopic (exact) mass is 381 g/mol. The zero-order chi connectivity index (χ0) is 19.8. The lowest BCUT2D eigenvalue weighted by Crippen LogP contribution is -2.41. The summed E-state index contributed by atoms with van der Waals surface area (Å²) in [5.74, 6) is 0.239. The van der Waals surface area contributed by atoms with Gasteiger partial charge in [-0.3, -0.25) is 4.90 Å². The van der Waals surface area contributed by atoms with E-state index in [0.717, 1.165) is 17.7 Å². The van der Waals surface area contributed by atoms with Gasteiger partial charge in [0.25, 0.3) is 0 Å². The quantitative estimate of drug-likeness (QED) is 0.716. The second-order valence-electron chi connectivity index (χ2n) is 6.18. The normalized spacial score (nSPS) is 12.4. The molecule has 1 N–H and O–H groups in total. The van der Waals surface area contributed by atoms with Crippen molar-refractivity contribution >= 4 is 29.0 Å². The zero-order valence-electron chi connectivity index (χ0n) is 15.7. The second-order valence-corrected chi connectivity index (χ2v) is 6.67. The number of anilines is 1. The van der Waals surface area contributed by atoms with E-state index in [1.165, 1.54) is 4.90 Å². The minimum atomic E-state index is -0.645. The van der Waals surface area contributed by atoms with Crippen LogP contribution in [0, 0.1) is 11.3 Å². The molecule has 0 heterocycles. The van der Waals surface area contributed by atoms with Crippen molar-refractivity contribution in [1.29, 1.82) is 5.26 Å². The molecule has 0 aliphatic rings. The lowest BCUT2D eigenvalue weighted by atomic mass is 9.93. The Hall–Kier alpha value is -2.91. The number of hydrogen-bond acceptors (Lipinski definition) is 4. The first-order valence-corrected chi connectivity index (χ1v) is 9.16. The van der Waals surface area contributed by atoms with E-state index >= 15 is 0 Å². The highest BCUT2D eigenvalue weighted by molar-refractivity contribution is 7.80. The Morgan fingerprint density at radius 3 is 2.59 bits per heavy atom. The number of nitrogens with zero attached hydrogens (tertiary/aromatic N) is 2. The Balaban J connectivity index is 2.09. The predicted molar refractivity (Wildman–Crippen MR) is 111 cm³/mol. The summed E-state index contributed by atoms with van der Waals surface area (Å²) >= 11 is 5.17. The van der Waals surface area contributed by atoms with Crippen molar-refractivity contribution in [2.45, 2.75) is 32.2 Å². The lowest BCUT2D eigenvalue weighted by molar-refractivity contribution is 0.150. The fraction of sp³-hybridized carbons (Fsp3) is 0.286. The molecule has 2 atom stereocenters. The van der Waals surface area contributed by atoms with E-state index in [1.807, 2.05) is 50.2 Å². The number of carbonyl (C=O) groups excluding carboxylic acids is 1.